The van der Waals surface area contributed by atoms with Gasteiger partial charge in [0.1, 0.15) is 0 Å². The third-order valence-corrected chi connectivity index (χ3v) is 3.13. The van der Waals surface area contributed by atoms with Crippen molar-refractivity contribution in [3.63, 3.8) is 0 Å². The van der Waals surface area contributed by atoms with Crippen molar-refractivity contribution >= 4 is 0 Å². The topological polar surface area (TPSA) is 29.5 Å². The smallest absolute Gasteiger partial charge is 0.159 e. The fraction of sp³-hybridized carbons (Fsp3) is 0.538. The lowest BCUT2D eigenvalue weighted by atomic mass is 9.73. The molecule has 1 aromatic carbocycles. The predicted molar refractivity (Wildman–Crippen MR) is 59.7 cm³/mol. The van der Waals surface area contributed by atoms with Crippen LogP contribution in [0.15, 0.2) is 18.2 Å². The van der Waals surface area contributed by atoms with Gasteiger partial charge in [-0.15, -0.1) is 0 Å². The fourth-order valence-corrected chi connectivity index (χ4v) is 2.32. The molecule has 1 aromatic rings. The van der Waals surface area contributed by atoms with Gasteiger partial charge in [-0.3, -0.25) is 0 Å². The quantitative estimate of drug-likeness (QED) is 0.878. The first-order valence-electron chi connectivity index (χ1n) is 5.80. The van der Waals surface area contributed by atoms with Crippen LogP contribution in [-0.4, -0.2) is 23.4 Å². The molecule has 0 heterocycles. The van der Waals surface area contributed by atoms with Crippen LogP contribution in [-0.2, 0) is 11.2 Å². The zero-order valence-corrected chi connectivity index (χ0v) is 9.75. The summed E-state index contributed by atoms with van der Waals surface area (Å²) in [6, 6.07) is 3.73. The van der Waals surface area contributed by atoms with Crippen LogP contribution < -0.4 is 0 Å². The van der Waals surface area contributed by atoms with E-state index in [1.165, 1.54) is 6.07 Å². The number of rotatable bonds is 4. The highest BCUT2D eigenvalue weighted by molar-refractivity contribution is 5.21. The van der Waals surface area contributed by atoms with E-state index in [1.54, 1.807) is 0 Å². The molecule has 0 amide bonds. The number of hydrogen-bond acceptors (Lipinski definition) is 2. The molecule has 2 rings (SSSR count). The van der Waals surface area contributed by atoms with E-state index in [4.69, 9.17) is 4.74 Å². The van der Waals surface area contributed by atoms with Gasteiger partial charge in [0, 0.05) is 25.9 Å². The molecule has 2 nitrogen and oxygen atoms in total. The van der Waals surface area contributed by atoms with Crippen molar-refractivity contribution in [2.75, 3.05) is 6.61 Å². The van der Waals surface area contributed by atoms with Crippen LogP contribution in [0.4, 0.5) is 8.78 Å². The lowest BCUT2D eigenvalue weighted by molar-refractivity contribution is -0.136. The fourth-order valence-electron chi connectivity index (χ4n) is 2.32. The van der Waals surface area contributed by atoms with Crippen LogP contribution in [0.3, 0.4) is 0 Å². The van der Waals surface area contributed by atoms with Crippen LogP contribution >= 0.6 is 0 Å². The standard InChI is InChI=1S/C13H16F2O2/c1-2-17-10-7-13(16,8-10)6-9-3-4-11(14)12(15)5-9/h3-5,10,16H,2,6-8H2,1H3. The summed E-state index contributed by atoms with van der Waals surface area (Å²) in [5.74, 6) is -1.73. The summed E-state index contributed by atoms with van der Waals surface area (Å²) < 4.78 is 31.1. The van der Waals surface area contributed by atoms with Crippen molar-refractivity contribution in [1.29, 1.82) is 0 Å². The van der Waals surface area contributed by atoms with Gasteiger partial charge in [-0.05, 0) is 24.6 Å². The Bertz CT molecular complexity index is 400. The average Bonchev–Trinajstić information content (AvgIpc) is 2.22. The highest BCUT2D eigenvalue weighted by Gasteiger charge is 2.43. The molecule has 0 aliphatic heterocycles. The van der Waals surface area contributed by atoms with Crippen LogP contribution in [0.2, 0.25) is 0 Å². The maximum atomic E-state index is 13.0. The maximum Gasteiger partial charge on any atom is 0.159 e. The summed E-state index contributed by atoms with van der Waals surface area (Å²) in [6.45, 7) is 2.54. The first-order chi connectivity index (χ1) is 8.02. The van der Waals surface area contributed by atoms with Gasteiger partial charge in [-0.25, -0.2) is 8.78 Å². The van der Waals surface area contributed by atoms with E-state index in [0.717, 1.165) is 12.1 Å². The van der Waals surface area contributed by atoms with E-state index in [0.29, 0.717) is 31.4 Å². The van der Waals surface area contributed by atoms with Gasteiger partial charge in [-0.2, -0.15) is 0 Å². The molecule has 1 N–H and O–H groups in total. The van der Waals surface area contributed by atoms with Crippen molar-refractivity contribution in [1.82, 2.24) is 0 Å². The Hall–Kier alpha value is -1.00. The summed E-state index contributed by atoms with van der Waals surface area (Å²) >= 11 is 0. The minimum atomic E-state index is -0.869. The highest BCUT2D eigenvalue weighted by atomic mass is 19.2. The molecule has 1 aliphatic rings. The number of halogens is 2. The lowest BCUT2D eigenvalue weighted by Crippen LogP contribution is -2.49. The molecule has 0 saturated heterocycles. The van der Waals surface area contributed by atoms with E-state index >= 15 is 0 Å². The monoisotopic (exact) mass is 242 g/mol. The Morgan fingerprint density at radius 3 is 2.65 bits per heavy atom. The second-order valence-electron chi connectivity index (χ2n) is 4.64. The minimum Gasteiger partial charge on any atom is -0.389 e. The van der Waals surface area contributed by atoms with Crippen molar-refractivity contribution in [2.24, 2.45) is 0 Å². The summed E-state index contributed by atoms with van der Waals surface area (Å²) in [5, 5.41) is 10.1. The molecule has 0 atom stereocenters. The molecule has 94 valence electrons. The molecule has 0 spiro atoms. The molecule has 1 fully saturated rings. The Labute approximate surface area is 99.2 Å². The zero-order valence-electron chi connectivity index (χ0n) is 9.75. The van der Waals surface area contributed by atoms with E-state index in [2.05, 4.69) is 0 Å². The largest absolute Gasteiger partial charge is 0.389 e. The molecular formula is C13H16F2O2. The van der Waals surface area contributed by atoms with E-state index in [1.807, 2.05) is 6.92 Å². The minimum absolute atomic E-state index is 0.0929. The van der Waals surface area contributed by atoms with Crippen molar-refractivity contribution in [3.05, 3.63) is 35.4 Å². The maximum absolute atomic E-state index is 13.0. The molecule has 4 heteroatoms. The third kappa shape index (κ3) is 2.82. The lowest BCUT2D eigenvalue weighted by Gasteiger charge is -2.43. The molecule has 1 aliphatic carbocycles. The Morgan fingerprint density at radius 1 is 1.35 bits per heavy atom. The third-order valence-electron chi connectivity index (χ3n) is 3.13. The van der Waals surface area contributed by atoms with Crippen LogP contribution in [0.5, 0.6) is 0 Å². The first-order valence-corrected chi connectivity index (χ1v) is 5.80. The Balaban J connectivity index is 1.95. The summed E-state index contributed by atoms with van der Waals surface area (Å²) in [6.07, 6.45) is 1.54. The highest BCUT2D eigenvalue weighted by Crippen LogP contribution is 2.37. The van der Waals surface area contributed by atoms with Gasteiger partial charge in [0.2, 0.25) is 0 Å². The number of benzene rings is 1. The predicted octanol–water partition coefficient (Wildman–Crippen LogP) is 2.44. The molecule has 1 saturated carbocycles. The first kappa shape index (κ1) is 12.5. The summed E-state index contributed by atoms with van der Waals surface area (Å²) in [7, 11) is 0. The van der Waals surface area contributed by atoms with Gasteiger partial charge >= 0.3 is 0 Å². The summed E-state index contributed by atoms with van der Waals surface area (Å²) in [5.41, 5.74) is -0.217. The second-order valence-corrected chi connectivity index (χ2v) is 4.64. The zero-order chi connectivity index (χ0) is 12.5. The van der Waals surface area contributed by atoms with Gasteiger partial charge in [0.05, 0.1) is 11.7 Å². The number of aliphatic hydroxyl groups is 1. The van der Waals surface area contributed by atoms with E-state index in [-0.39, 0.29) is 6.10 Å². The Morgan fingerprint density at radius 2 is 2.06 bits per heavy atom. The average molecular weight is 242 g/mol. The van der Waals surface area contributed by atoms with Gasteiger partial charge in [-0.1, -0.05) is 6.07 Å². The molecule has 0 aromatic heterocycles. The SMILES string of the molecule is CCOC1CC(O)(Cc2ccc(F)c(F)c2)C1. The van der Waals surface area contributed by atoms with Crippen LogP contribution in [0.25, 0.3) is 0 Å². The number of ether oxygens (including phenoxy) is 1. The van der Waals surface area contributed by atoms with Crippen molar-refractivity contribution in [2.45, 2.75) is 37.9 Å². The second kappa shape index (κ2) is 4.70. The van der Waals surface area contributed by atoms with Gasteiger partial charge in [0.15, 0.2) is 11.6 Å². The van der Waals surface area contributed by atoms with Crippen molar-refractivity contribution < 1.29 is 18.6 Å². The molecule has 17 heavy (non-hydrogen) atoms. The van der Waals surface area contributed by atoms with Gasteiger partial charge in [0.25, 0.3) is 0 Å². The van der Waals surface area contributed by atoms with E-state index < -0.39 is 17.2 Å². The Kier molecular flexibility index (Phi) is 3.45. The molecule has 0 bridgehead atoms. The van der Waals surface area contributed by atoms with Gasteiger partial charge < -0.3 is 9.84 Å². The molecular weight excluding hydrogens is 226 g/mol. The van der Waals surface area contributed by atoms with E-state index in [9.17, 15) is 13.9 Å². The normalized spacial score (nSPS) is 27.9. The molecule has 0 radical (unpaired) electrons. The van der Waals surface area contributed by atoms with Crippen molar-refractivity contribution in [3.8, 4) is 0 Å². The number of hydrogen-bond donors (Lipinski definition) is 1. The summed E-state index contributed by atoms with van der Waals surface area (Å²) in [4.78, 5) is 0. The van der Waals surface area contributed by atoms with Crippen LogP contribution in [0.1, 0.15) is 25.3 Å². The van der Waals surface area contributed by atoms with Crippen LogP contribution in [0, 0.1) is 11.6 Å². The molecule has 0 unspecified atom stereocenters.